The smallest absolute Gasteiger partial charge is 0.248 e. The Morgan fingerprint density at radius 3 is 2.33 bits per heavy atom. The molecule has 3 atom stereocenters. The number of hydrogen-bond donors (Lipinski definition) is 2. The number of benzene rings is 2. The second-order valence-electron chi connectivity index (χ2n) is 12.4. The highest BCUT2D eigenvalue weighted by Crippen LogP contribution is 2.47. The van der Waals surface area contributed by atoms with Crippen LogP contribution in [-0.2, 0) is 16.1 Å². The molecule has 222 valence electrons. The minimum absolute atomic E-state index is 0.224. The van der Waals surface area contributed by atoms with E-state index in [9.17, 15) is 19.2 Å². The molecule has 0 radical (unpaired) electrons. The highest BCUT2D eigenvalue weighted by molar-refractivity contribution is 6.00. The van der Waals surface area contributed by atoms with E-state index in [0.717, 1.165) is 75.0 Å². The molecule has 2 aromatic carbocycles. The van der Waals surface area contributed by atoms with E-state index >= 15 is 0 Å². The van der Waals surface area contributed by atoms with E-state index in [0.29, 0.717) is 42.3 Å². The van der Waals surface area contributed by atoms with E-state index in [1.54, 1.807) is 12.1 Å². The number of fused-ring (bicyclic) bond motifs is 2. The first kappa shape index (κ1) is 28.4. The van der Waals surface area contributed by atoms with Gasteiger partial charge in [0, 0.05) is 81.3 Å². The maximum atomic E-state index is 12.4. The van der Waals surface area contributed by atoms with Crippen LogP contribution in [0.5, 0.6) is 0 Å². The van der Waals surface area contributed by atoms with Gasteiger partial charge in [0.25, 0.3) is 0 Å². The monoisotopic (exact) mass is 572 g/mol. The molecule has 7 rings (SSSR count). The second kappa shape index (κ2) is 11.9. The highest BCUT2D eigenvalue weighted by atomic mass is 16.2. The Morgan fingerprint density at radius 2 is 1.69 bits per heavy atom. The number of aldehydes is 1. The molecule has 1 saturated carbocycles. The van der Waals surface area contributed by atoms with Crippen LogP contribution in [0, 0.1) is 17.8 Å². The summed E-state index contributed by atoms with van der Waals surface area (Å²) in [5, 5.41) is 2.43. The van der Waals surface area contributed by atoms with Crippen molar-refractivity contribution < 1.29 is 19.2 Å². The van der Waals surface area contributed by atoms with Crippen molar-refractivity contribution in [3.05, 3.63) is 59.2 Å². The van der Waals surface area contributed by atoms with Gasteiger partial charge in [0.2, 0.25) is 17.7 Å². The molecule has 1 aliphatic carbocycles. The number of carbonyl (C=O) groups is 4. The van der Waals surface area contributed by atoms with Gasteiger partial charge in [-0.1, -0.05) is 0 Å². The third-order valence-corrected chi connectivity index (χ3v) is 9.87. The van der Waals surface area contributed by atoms with Crippen LogP contribution in [0.1, 0.15) is 45.5 Å². The molecule has 5 aliphatic rings. The Morgan fingerprint density at radius 1 is 1.00 bits per heavy atom. The summed E-state index contributed by atoms with van der Waals surface area (Å²) in [4.78, 5) is 56.5. The zero-order valence-corrected chi connectivity index (χ0v) is 24.2. The van der Waals surface area contributed by atoms with E-state index in [2.05, 4.69) is 26.1 Å². The number of nitrogens with zero attached hydrogens (tertiary/aromatic N) is 4. The summed E-state index contributed by atoms with van der Waals surface area (Å²) in [7, 11) is 1.88. The quantitative estimate of drug-likeness (QED) is 0.345. The molecule has 4 heterocycles. The van der Waals surface area contributed by atoms with E-state index in [1.807, 2.05) is 36.2 Å². The molecule has 2 aromatic rings. The normalized spacial score (nSPS) is 26.1. The zero-order chi connectivity index (χ0) is 29.4. The first-order valence-electron chi connectivity index (χ1n) is 15.0. The average molecular weight is 573 g/mol. The van der Waals surface area contributed by atoms with Crippen molar-refractivity contribution >= 4 is 35.4 Å². The Labute approximate surface area is 246 Å². The standard InChI is InChI=1S/C32H40N6O4/c1-35(29-8-9-30(40)34-32(29)42)16-23-15-27(7-4-22(23)20-39)38-17-24-14-25(18-38)28(24)19-36-10-12-37(13-11-36)26-5-2-21(3-6-26)31(33)41/h2-7,15,20,24-25,28-29H,8-14,16-19H2,1H3,(H2,33,41)(H,34,40,42). The minimum Gasteiger partial charge on any atom is -0.371 e. The first-order chi connectivity index (χ1) is 20.3. The molecular weight excluding hydrogens is 532 g/mol. The van der Waals surface area contributed by atoms with Gasteiger partial charge in [-0.3, -0.25) is 34.3 Å². The van der Waals surface area contributed by atoms with Gasteiger partial charge in [0.05, 0.1) is 6.04 Å². The molecule has 10 nitrogen and oxygen atoms in total. The summed E-state index contributed by atoms with van der Waals surface area (Å²) in [5.41, 5.74) is 9.74. The van der Waals surface area contributed by atoms with Crippen molar-refractivity contribution in [1.82, 2.24) is 15.1 Å². The van der Waals surface area contributed by atoms with Crippen LogP contribution in [0.3, 0.4) is 0 Å². The molecule has 3 amide bonds. The molecule has 5 fully saturated rings. The van der Waals surface area contributed by atoms with Gasteiger partial charge in [0.1, 0.15) is 6.29 Å². The van der Waals surface area contributed by atoms with Crippen molar-refractivity contribution in [3.8, 4) is 0 Å². The van der Waals surface area contributed by atoms with Gasteiger partial charge >= 0.3 is 0 Å². The highest BCUT2D eigenvalue weighted by Gasteiger charge is 2.47. The number of anilines is 2. The summed E-state index contributed by atoms with van der Waals surface area (Å²) >= 11 is 0. The lowest BCUT2D eigenvalue weighted by molar-refractivity contribution is -0.137. The molecule has 0 spiro atoms. The van der Waals surface area contributed by atoms with Crippen molar-refractivity contribution in [2.75, 3.05) is 62.7 Å². The van der Waals surface area contributed by atoms with Gasteiger partial charge in [0.15, 0.2) is 0 Å². The number of piperidine rings is 3. The second-order valence-corrected chi connectivity index (χ2v) is 12.4. The van der Waals surface area contributed by atoms with Crippen molar-refractivity contribution in [2.45, 2.75) is 31.8 Å². The van der Waals surface area contributed by atoms with Gasteiger partial charge in [-0.25, -0.2) is 0 Å². The number of likely N-dealkylation sites (N-methyl/N-ethyl adjacent to an activating group) is 1. The number of piperazine rings is 1. The maximum absolute atomic E-state index is 12.4. The number of nitrogens with two attached hydrogens (primary N) is 1. The van der Waals surface area contributed by atoms with Crippen molar-refractivity contribution in [3.63, 3.8) is 0 Å². The number of imide groups is 1. The molecule has 4 saturated heterocycles. The molecule has 3 unspecified atom stereocenters. The van der Waals surface area contributed by atoms with Gasteiger partial charge < -0.3 is 15.5 Å². The van der Waals surface area contributed by atoms with Gasteiger partial charge in [-0.15, -0.1) is 0 Å². The number of amides is 3. The molecule has 42 heavy (non-hydrogen) atoms. The SMILES string of the molecule is CN(Cc1cc(N2CC3CC(C2)C3CN2CCN(c3ccc(C(N)=O)cc3)CC2)ccc1C=O)C1CCC(=O)NC1=O. The van der Waals surface area contributed by atoms with Crippen LogP contribution in [-0.4, -0.2) is 92.7 Å². The largest absolute Gasteiger partial charge is 0.371 e. The van der Waals surface area contributed by atoms with Crippen LogP contribution in [0.15, 0.2) is 42.5 Å². The zero-order valence-electron chi connectivity index (χ0n) is 24.2. The Bertz CT molecular complexity index is 1340. The lowest BCUT2D eigenvalue weighted by Gasteiger charge is -2.56. The fourth-order valence-electron chi connectivity index (χ4n) is 7.34. The summed E-state index contributed by atoms with van der Waals surface area (Å²) < 4.78 is 0. The predicted molar refractivity (Wildman–Crippen MR) is 160 cm³/mol. The molecule has 10 heteroatoms. The Balaban J connectivity index is 1.03. The van der Waals surface area contributed by atoms with Crippen LogP contribution in [0.4, 0.5) is 11.4 Å². The van der Waals surface area contributed by atoms with Crippen molar-refractivity contribution in [2.24, 2.45) is 23.5 Å². The third-order valence-electron chi connectivity index (χ3n) is 9.87. The Kier molecular flexibility index (Phi) is 8.00. The van der Waals surface area contributed by atoms with Crippen LogP contribution >= 0.6 is 0 Å². The maximum Gasteiger partial charge on any atom is 0.248 e. The van der Waals surface area contributed by atoms with Crippen LogP contribution in [0.25, 0.3) is 0 Å². The predicted octanol–water partition coefficient (Wildman–Crippen LogP) is 1.73. The van der Waals surface area contributed by atoms with Crippen molar-refractivity contribution in [1.29, 1.82) is 0 Å². The van der Waals surface area contributed by atoms with E-state index in [4.69, 9.17) is 5.73 Å². The number of rotatable bonds is 9. The first-order valence-corrected chi connectivity index (χ1v) is 15.0. The summed E-state index contributed by atoms with van der Waals surface area (Å²) in [6, 6.07) is 13.3. The number of primary amides is 1. The van der Waals surface area contributed by atoms with E-state index in [1.165, 1.54) is 6.42 Å². The molecular formula is C32H40N6O4. The topological polar surface area (TPSA) is 119 Å². The van der Waals surface area contributed by atoms with Gasteiger partial charge in [-0.05, 0) is 85.7 Å². The molecule has 4 aliphatic heterocycles. The fourth-order valence-corrected chi connectivity index (χ4v) is 7.34. The van der Waals surface area contributed by atoms with E-state index in [-0.39, 0.29) is 17.9 Å². The number of nitrogens with one attached hydrogen (secondary N) is 1. The molecule has 0 aromatic heterocycles. The molecule has 2 bridgehead atoms. The number of hydrogen-bond acceptors (Lipinski definition) is 8. The van der Waals surface area contributed by atoms with Crippen LogP contribution < -0.4 is 20.9 Å². The fraction of sp³-hybridized carbons (Fsp3) is 0.500. The lowest BCUT2D eigenvalue weighted by Crippen LogP contribution is -2.59. The van der Waals surface area contributed by atoms with E-state index < -0.39 is 5.91 Å². The van der Waals surface area contributed by atoms with Crippen LogP contribution in [0.2, 0.25) is 0 Å². The lowest BCUT2D eigenvalue weighted by atomic mass is 9.61. The summed E-state index contributed by atoms with van der Waals surface area (Å²) in [6.45, 7) is 7.68. The average Bonchev–Trinajstić information content (AvgIpc) is 3.00. The van der Waals surface area contributed by atoms with Gasteiger partial charge in [-0.2, -0.15) is 0 Å². The Hall–Kier alpha value is -3.76. The summed E-state index contributed by atoms with van der Waals surface area (Å²) in [6.07, 6.45) is 3.00. The molecule has 3 N–H and O–H groups in total. The summed E-state index contributed by atoms with van der Waals surface area (Å²) in [5.74, 6) is 1.17. The number of carbonyl (C=O) groups excluding carboxylic acids is 4. The third kappa shape index (κ3) is 5.78. The minimum atomic E-state index is -0.396.